The number of nitrogens with zero attached hydrogens (tertiary/aromatic N) is 1. The molecule has 1 N–H and O–H groups in total. The van der Waals surface area contributed by atoms with Crippen LogP contribution >= 0.6 is 0 Å². The first-order valence-corrected chi connectivity index (χ1v) is 9.93. The number of hydrogen-bond acceptors (Lipinski definition) is 4. The summed E-state index contributed by atoms with van der Waals surface area (Å²) in [4.78, 5) is 16.6. The van der Waals surface area contributed by atoms with E-state index in [1.54, 1.807) is 24.6 Å². The van der Waals surface area contributed by atoms with E-state index >= 15 is 0 Å². The largest absolute Gasteiger partial charge is 0.463 e. The maximum absolute atomic E-state index is 13.0. The summed E-state index contributed by atoms with van der Waals surface area (Å²) in [5, 5.41) is 2.94. The van der Waals surface area contributed by atoms with Crippen molar-refractivity contribution in [2.75, 3.05) is 0 Å². The summed E-state index contributed by atoms with van der Waals surface area (Å²) in [6, 6.07) is 20.8. The third-order valence-electron chi connectivity index (χ3n) is 4.68. The van der Waals surface area contributed by atoms with Crippen LogP contribution in [-0.4, -0.2) is 10.9 Å². The van der Waals surface area contributed by atoms with Crippen LogP contribution in [0.3, 0.4) is 0 Å². The molecule has 156 valence electrons. The first-order chi connectivity index (χ1) is 15.2. The molecule has 0 radical (unpaired) electrons. The van der Waals surface area contributed by atoms with E-state index in [1.165, 1.54) is 12.1 Å². The van der Waals surface area contributed by atoms with Gasteiger partial charge >= 0.3 is 0 Å². The fraction of sp³-hybridized carbons (Fsp3) is 0.120. The van der Waals surface area contributed by atoms with Gasteiger partial charge in [-0.25, -0.2) is 4.39 Å². The molecular formula is C25H21FN2O3. The monoisotopic (exact) mass is 416 g/mol. The van der Waals surface area contributed by atoms with Crippen molar-refractivity contribution in [3.05, 3.63) is 102 Å². The Morgan fingerprint density at radius 3 is 2.65 bits per heavy atom. The van der Waals surface area contributed by atoms with Crippen molar-refractivity contribution in [2.45, 2.75) is 19.4 Å². The minimum Gasteiger partial charge on any atom is -0.463 e. The van der Waals surface area contributed by atoms with E-state index in [-0.39, 0.29) is 11.7 Å². The Morgan fingerprint density at radius 1 is 0.968 bits per heavy atom. The zero-order valence-electron chi connectivity index (χ0n) is 16.8. The van der Waals surface area contributed by atoms with Gasteiger partial charge in [-0.2, -0.15) is 0 Å². The van der Waals surface area contributed by atoms with Crippen molar-refractivity contribution < 1.29 is 18.3 Å². The lowest BCUT2D eigenvalue weighted by molar-refractivity contribution is -0.121. The highest BCUT2D eigenvalue weighted by Crippen LogP contribution is 2.23. The van der Waals surface area contributed by atoms with Crippen LogP contribution in [0.2, 0.25) is 0 Å². The fourth-order valence-electron chi connectivity index (χ4n) is 3.09. The number of furan rings is 1. The van der Waals surface area contributed by atoms with Crippen LogP contribution in [0.25, 0.3) is 11.5 Å². The van der Waals surface area contributed by atoms with Gasteiger partial charge in [0, 0.05) is 19.2 Å². The maximum atomic E-state index is 13.0. The van der Waals surface area contributed by atoms with Crippen molar-refractivity contribution in [1.29, 1.82) is 0 Å². The number of pyridine rings is 1. The summed E-state index contributed by atoms with van der Waals surface area (Å²) < 4.78 is 24.1. The molecule has 0 saturated carbocycles. The van der Waals surface area contributed by atoms with Crippen molar-refractivity contribution >= 4 is 5.91 Å². The second kappa shape index (κ2) is 9.71. The molecule has 0 spiro atoms. The van der Waals surface area contributed by atoms with Gasteiger partial charge in [-0.1, -0.05) is 12.1 Å². The lowest BCUT2D eigenvalue weighted by Gasteiger charge is -2.09. The predicted octanol–water partition coefficient (Wildman–Crippen LogP) is 5.52. The molecule has 0 saturated heterocycles. The number of aryl methyl sites for hydroxylation is 1. The molecule has 6 heteroatoms. The van der Waals surface area contributed by atoms with Crippen LogP contribution in [-0.2, 0) is 17.8 Å². The Hall–Kier alpha value is -3.93. The van der Waals surface area contributed by atoms with Crippen molar-refractivity contribution in [3.63, 3.8) is 0 Å². The molecule has 0 aliphatic rings. The zero-order valence-corrected chi connectivity index (χ0v) is 16.8. The highest BCUT2D eigenvalue weighted by Gasteiger charge is 2.07. The summed E-state index contributed by atoms with van der Waals surface area (Å²) >= 11 is 0. The molecule has 1 amide bonds. The molecule has 4 rings (SSSR count). The molecule has 0 atom stereocenters. The van der Waals surface area contributed by atoms with Crippen molar-refractivity contribution in [1.82, 2.24) is 10.3 Å². The van der Waals surface area contributed by atoms with E-state index < -0.39 is 0 Å². The number of ether oxygens (including phenoxy) is 1. The first-order valence-electron chi connectivity index (χ1n) is 9.93. The Kier molecular flexibility index (Phi) is 6.38. The van der Waals surface area contributed by atoms with Gasteiger partial charge in [-0.15, -0.1) is 0 Å². The number of rotatable bonds is 8. The number of halogens is 1. The number of hydrogen-bond donors (Lipinski definition) is 1. The summed E-state index contributed by atoms with van der Waals surface area (Å²) in [5.41, 5.74) is 2.66. The molecule has 0 bridgehead atoms. The quantitative estimate of drug-likeness (QED) is 0.411. The van der Waals surface area contributed by atoms with Gasteiger partial charge in [0.1, 0.15) is 23.0 Å². The van der Waals surface area contributed by atoms with E-state index in [4.69, 9.17) is 9.15 Å². The van der Waals surface area contributed by atoms with Gasteiger partial charge in [0.25, 0.3) is 0 Å². The van der Waals surface area contributed by atoms with Crippen molar-refractivity contribution in [3.8, 4) is 23.0 Å². The van der Waals surface area contributed by atoms with Gasteiger partial charge < -0.3 is 14.5 Å². The second-order valence-corrected chi connectivity index (χ2v) is 7.01. The second-order valence-electron chi connectivity index (χ2n) is 7.01. The van der Waals surface area contributed by atoms with E-state index in [1.807, 2.05) is 48.5 Å². The first kappa shape index (κ1) is 20.3. The van der Waals surface area contributed by atoms with Crippen LogP contribution in [0, 0.1) is 5.82 Å². The standard InChI is InChI=1S/C25H21FN2O3/c26-20-7-9-21(10-8-20)31-22-4-1-3-18(15-22)6-11-25(29)28-17-19-12-13-27-23(16-19)24-5-2-14-30-24/h1-5,7-10,12-16H,6,11,17H2,(H,28,29). The maximum Gasteiger partial charge on any atom is 0.220 e. The predicted molar refractivity (Wildman–Crippen MR) is 115 cm³/mol. The average molecular weight is 416 g/mol. The minimum absolute atomic E-state index is 0.0405. The molecule has 0 unspecified atom stereocenters. The summed E-state index contributed by atoms with van der Waals surface area (Å²) in [6.07, 6.45) is 4.24. The Bertz CT molecular complexity index is 1140. The van der Waals surface area contributed by atoms with Gasteiger partial charge in [0.05, 0.1) is 6.26 Å². The Morgan fingerprint density at radius 2 is 1.84 bits per heavy atom. The number of nitrogens with one attached hydrogen (secondary N) is 1. The summed E-state index contributed by atoms with van der Waals surface area (Å²) in [7, 11) is 0. The van der Waals surface area contributed by atoms with Gasteiger partial charge in [0.2, 0.25) is 5.91 Å². The van der Waals surface area contributed by atoms with E-state index in [9.17, 15) is 9.18 Å². The number of amides is 1. The van der Waals surface area contributed by atoms with Crippen LogP contribution in [0.4, 0.5) is 4.39 Å². The third-order valence-corrected chi connectivity index (χ3v) is 4.68. The number of benzene rings is 2. The number of carbonyl (C=O) groups excluding carboxylic acids is 1. The lowest BCUT2D eigenvalue weighted by Crippen LogP contribution is -2.23. The van der Waals surface area contributed by atoms with Gasteiger partial charge in [0.15, 0.2) is 5.76 Å². The van der Waals surface area contributed by atoms with E-state index in [2.05, 4.69) is 10.3 Å². The average Bonchev–Trinajstić information content (AvgIpc) is 3.33. The van der Waals surface area contributed by atoms with Crippen LogP contribution in [0.1, 0.15) is 17.5 Å². The smallest absolute Gasteiger partial charge is 0.220 e. The third kappa shape index (κ3) is 5.79. The molecule has 4 aromatic rings. The highest BCUT2D eigenvalue weighted by molar-refractivity contribution is 5.76. The molecule has 0 aliphatic carbocycles. The van der Waals surface area contributed by atoms with Crippen molar-refractivity contribution in [2.24, 2.45) is 0 Å². The van der Waals surface area contributed by atoms with E-state index in [0.29, 0.717) is 36.6 Å². The zero-order chi connectivity index (χ0) is 21.5. The van der Waals surface area contributed by atoms with Crippen LogP contribution in [0.5, 0.6) is 11.5 Å². The summed E-state index contributed by atoms with van der Waals surface area (Å²) in [5.74, 6) is 1.54. The van der Waals surface area contributed by atoms with Crippen LogP contribution < -0.4 is 10.1 Å². The van der Waals surface area contributed by atoms with Gasteiger partial charge in [-0.05, 0) is 78.2 Å². The lowest BCUT2D eigenvalue weighted by atomic mass is 10.1. The highest BCUT2D eigenvalue weighted by atomic mass is 19.1. The Balaban J connectivity index is 1.28. The molecule has 0 fully saturated rings. The van der Waals surface area contributed by atoms with Crippen LogP contribution in [0.15, 0.2) is 89.7 Å². The van der Waals surface area contributed by atoms with Gasteiger partial charge in [-0.3, -0.25) is 9.78 Å². The van der Waals surface area contributed by atoms with E-state index in [0.717, 1.165) is 16.8 Å². The molecule has 0 aliphatic heterocycles. The fourth-order valence-corrected chi connectivity index (χ4v) is 3.09. The molecule has 5 nitrogen and oxygen atoms in total. The summed E-state index contributed by atoms with van der Waals surface area (Å²) in [6.45, 7) is 0.419. The molecule has 2 aromatic heterocycles. The molecule has 2 aromatic carbocycles. The minimum atomic E-state index is -0.309. The number of carbonyl (C=O) groups is 1. The normalized spacial score (nSPS) is 10.6. The molecule has 31 heavy (non-hydrogen) atoms. The molecule has 2 heterocycles. The Labute approximate surface area is 179 Å². The topological polar surface area (TPSA) is 64.4 Å². The molecular weight excluding hydrogens is 395 g/mol. The number of aromatic nitrogens is 1. The SMILES string of the molecule is O=C(CCc1cccc(Oc2ccc(F)cc2)c1)NCc1ccnc(-c2ccco2)c1.